The summed E-state index contributed by atoms with van der Waals surface area (Å²) >= 11 is 0. The number of nitrogens with one attached hydrogen (secondary N) is 1. The Labute approximate surface area is 169 Å². The zero-order chi connectivity index (χ0) is 17.8. The number of benzene rings is 2. The van der Waals surface area contributed by atoms with Crippen LogP contribution >= 0.6 is 24.0 Å². The van der Waals surface area contributed by atoms with Crippen molar-refractivity contribution < 1.29 is 13.9 Å². The molecule has 0 radical (unpaired) electrons. The predicted molar refractivity (Wildman–Crippen MR) is 115 cm³/mol. The molecule has 0 saturated heterocycles. The molecular formula is C19H22IN3O3. The minimum absolute atomic E-state index is 0. The van der Waals surface area contributed by atoms with Crippen molar-refractivity contribution >= 4 is 46.6 Å². The number of guanidine groups is 1. The number of halogens is 1. The number of furan rings is 1. The maximum absolute atomic E-state index is 5.99. The molecule has 3 N–H and O–H groups in total. The number of methoxy groups -OCH3 is 2. The molecule has 3 aromatic rings. The van der Waals surface area contributed by atoms with Crippen LogP contribution in [-0.2, 0) is 6.54 Å². The lowest BCUT2D eigenvalue weighted by molar-refractivity contribution is 0.355. The van der Waals surface area contributed by atoms with Crippen molar-refractivity contribution in [2.45, 2.75) is 13.5 Å². The van der Waals surface area contributed by atoms with Gasteiger partial charge in [-0.3, -0.25) is 0 Å². The van der Waals surface area contributed by atoms with Gasteiger partial charge in [-0.1, -0.05) is 18.2 Å². The van der Waals surface area contributed by atoms with Crippen LogP contribution in [0, 0.1) is 6.92 Å². The topological polar surface area (TPSA) is 82.0 Å². The van der Waals surface area contributed by atoms with E-state index >= 15 is 0 Å². The van der Waals surface area contributed by atoms with Crippen molar-refractivity contribution in [3.63, 3.8) is 0 Å². The van der Waals surface area contributed by atoms with Crippen molar-refractivity contribution in [3.05, 3.63) is 53.8 Å². The molecule has 7 heteroatoms. The molecule has 1 heterocycles. The van der Waals surface area contributed by atoms with Crippen LogP contribution in [0.2, 0.25) is 0 Å². The number of para-hydroxylation sites is 1. The number of aryl methyl sites for hydroxylation is 1. The van der Waals surface area contributed by atoms with Gasteiger partial charge in [-0.2, -0.15) is 0 Å². The van der Waals surface area contributed by atoms with E-state index in [4.69, 9.17) is 19.6 Å². The van der Waals surface area contributed by atoms with Gasteiger partial charge in [-0.05, 0) is 25.1 Å². The Kier molecular flexibility index (Phi) is 6.73. The highest BCUT2D eigenvalue weighted by Gasteiger charge is 2.09. The summed E-state index contributed by atoms with van der Waals surface area (Å²) in [6.45, 7) is 2.39. The lowest BCUT2D eigenvalue weighted by atomic mass is 10.1. The molecule has 3 rings (SSSR count). The number of aliphatic imine (C=N–C) groups is 1. The second-order valence-electron chi connectivity index (χ2n) is 5.54. The molecule has 0 bridgehead atoms. The van der Waals surface area contributed by atoms with Crippen LogP contribution in [0.15, 0.2) is 51.9 Å². The van der Waals surface area contributed by atoms with Gasteiger partial charge < -0.3 is 24.9 Å². The lowest BCUT2D eigenvalue weighted by Gasteiger charge is -2.10. The summed E-state index contributed by atoms with van der Waals surface area (Å²) in [5, 5.41) is 4.14. The average Bonchev–Trinajstić information content (AvgIpc) is 2.96. The van der Waals surface area contributed by atoms with Crippen LogP contribution in [0.4, 0.5) is 5.69 Å². The van der Waals surface area contributed by atoms with E-state index in [-0.39, 0.29) is 24.0 Å². The molecular weight excluding hydrogens is 445 g/mol. The van der Waals surface area contributed by atoms with Crippen molar-refractivity contribution in [3.8, 4) is 11.5 Å². The smallest absolute Gasteiger partial charge is 0.193 e. The fourth-order valence-electron chi connectivity index (χ4n) is 2.63. The predicted octanol–water partition coefficient (Wildman–Crippen LogP) is 4.30. The Morgan fingerprint density at radius 1 is 1.12 bits per heavy atom. The van der Waals surface area contributed by atoms with Gasteiger partial charge in [-0.15, -0.1) is 24.0 Å². The maximum Gasteiger partial charge on any atom is 0.193 e. The third-order valence-electron chi connectivity index (χ3n) is 3.99. The summed E-state index contributed by atoms with van der Waals surface area (Å²) in [6, 6.07) is 13.4. The van der Waals surface area contributed by atoms with Gasteiger partial charge in [-0.25, -0.2) is 4.99 Å². The summed E-state index contributed by atoms with van der Waals surface area (Å²) in [5.41, 5.74) is 8.69. The summed E-state index contributed by atoms with van der Waals surface area (Å²) in [7, 11) is 3.18. The first-order valence-corrected chi connectivity index (χ1v) is 7.88. The Bertz CT molecular complexity index is 922. The molecule has 26 heavy (non-hydrogen) atoms. The van der Waals surface area contributed by atoms with E-state index in [9.17, 15) is 0 Å². The highest BCUT2D eigenvalue weighted by molar-refractivity contribution is 14.0. The number of hydrogen-bond donors (Lipinski definition) is 2. The van der Waals surface area contributed by atoms with Crippen LogP contribution in [0.25, 0.3) is 11.0 Å². The van der Waals surface area contributed by atoms with Crippen molar-refractivity contribution in [2.75, 3.05) is 19.5 Å². The third-order valence-corrected chi connectivity index (χ3v) is 3.99. The maximum atomic E-state index is 5.99. The lowest BCUT2D eigenvalue weighted by Crippen LogP contribution is -2.22. The fraction of sp³-hybridized carbons (Fsp3) is 0.211. The van der Waals surface area contributed by atoms with Gasteiger partial charge in [0.2, 0.25) is 0 Å². The van der Waals surface area contributed by atoms with Crippen molar-refractivity contribution in [1.82, 2.24) is 0 Å². The molecule has 0 aliphatic heterocycles. The molecule has 0 atom stereocenters. The first kappa shape index (κ1) is 19.9. The first-order chi connectivity index (χ1) is 12.1. The molecule has 0 saturated carbocycles. The molecule has 0 aliphatic rings. The molecule has 0 fully saturated rings. The zero-order valence-electron chi connectivity index (χ0n) is 14.9. The van der Waals surface area contributed by atoms with Crippen LogP contribution in [0.1, 0.15) is 11.3 Å². The highest BCUT2D eigenvalue weighted by Crippen LogP contribution is 2.29. The first-order valence-electron chi connectivity index (χ1n) is 7.88. The second-order valence-corrected chi connectivity index (χ2v) is 5.54. The minimum Gasteiger partial charge on any atom is -0.493 e. The number of fused-ring (bicyclic) bond motifs is 1. The van der Waals surface area contributed by atoms with Crippen molar-refractivity contribution in [1.29, 1.82) is 0 Å². The minimum atomic E-state index is 0. The molecule has 0 aliphatic carbocycles. The van der Waals surface area contributed by atoms with E-state index < -0.39 is 0 Å². The van der Waals surface area contributed by atoms with E-state index in [1.54, 1.807) is 26.4 Å². The SMILES string of the molecule is COc1ccc(NC(N)=NCc2oc3ccccc3c2C)cc1OC.I. The van der Waals surface area contributed by atoms with Crippen molar-refractivity contribution in [2.24, 2.45) is 10.7 Å². The van der Waals surface area contributed by atoms with Gasteiger partial charge >= 0.3 is 0 Å². The summed E-state index contributed by atoms with van der Waals surface area (Å²) in [4.78, 5) is 4.36. The van der Waals surface area contributed by atoms with Crippen LogP contribution in [0.3, 0.4) is 0 Å². The van der Waals surface area contributed by atoms with Gasteiger partial charge in [0, 0.05) is 22.7 Å². The van der Waals surface area contributed by atoms with E-state index in [1.807, 2.05) is 37.3 Å². The van der Waals surface area contributed by atoms with Gasteiger partial charge in [0.25, 0.3) is 0 Å². The van der Waals surface area contributed by atoms with Gasteiger partial charge in [0.15, 0.2) is 17.5 Å². The fourth-order valence-corrected chi connectivity index (χ4v) is 2.63. The number of nitrogens with zero attached hydrogens (tertiary/aromatic N) is 1. The van der Waals surface area contributed by atoms with Crippen LogP contribution in [0.5, 0.6) is 11.5 Å². The average molecular weight is 467 g/mol. The molecule has 2 aromatic carbocycles. The Morgan fingerprint density at radius 2 is 1.85 bits per heavy atom. The number of rotatable bonds is 5. The monoisotopic (exact) mass is 467 g/mol. The summed E-state index contributed by atoms with van der Waals surface area (Å²) in [5.74, 6) is 2.38. The summed E-state index contributed by atoms with van der Waals surface area (Å²) in [6.07, 6.45) is 0. The standard InChI is InChI=1S/C19H21N3O3.HI/c1-12-14-6-4-5-7-15(14)25-18(12)11-21-19(20)22-13-8-9-16(23-2)17(10-13)24-3;/h4-10H,11H2,1-3H3,(H3,20,21,22);1H. The molecule has 138 valence electrons. The second kappa shape index (κ2) is 8.79. The number of anilines is 1. The third kappa shape index (κ3) is 4.21. The molecule has 6 nitrogen and oxygen atoms in total. The zero-order valence-corrected chi connectivity index (χ0v) is 17.2. The van der Waals surface area contributed by atoms with Crippen LogP contribution < -0.4 is 20.5 Å². The number of hydrogen-bond acceptors (Lipinski definition) is 4. The molecule has 0 unspecified atom stereocenters. The Morgan fingerprint density at radius 3 is 2.54 bits per heavy atom. The van der Waals surface area contributed by atoms with E-state index in [0.717, 1.165) is 28.0 Å². The van der Waals surface area contributed by atoms with Crippen LogP contribution in [-0.4, -0.2) is 20.2 Å². The molecule has 0 amide bonds. The van der Waals surface area contributed by atoms with Gasteiger partial charge in [0.1, 0.15) is 17.9 Å². The van der Waals surface area contributed by atoms with Gasteiger partial charge in [0.05, 0.1) is 14.2 Å². The largest absolute Gasteiger partial charge is 0.493 e. The molecule has 1 aromatic heterocycles. The number of ether oxygens (including phenoxy) is 2. The Hall–Kier alpha value is -2.42. The highest BCUT2D eigenvalue weighted by atomic mass is 127. The Balaban J connectivity index is 0.00000243. The normalized spacial score (nSPS) is 11.1. The summed E-state index contributed by atoms with van der Waals surface area (Å²) < 4.78 is 16.3. The molecule has 0 spiro atoms. The number of nitrogens with two attached hydrogens (primary N) is 1. The van der Waals surface area contributed by atoms with E-state index in [0.29, 0.717) is 24.0 Å². The van der Waals surface area contributed by atoms with E-state index in [2.05, 4.69) is 10.3 Å². The van der Waals surface area contributed by atoms with E-state index in [1.165, 1.54) is 0 Å². The quantitative estimate of drug-likeness (QED) is 0.332.